The van der Waals surface area contributed by atoms with Crippen molar-refractivity contribution in [2.45, 2.75) is 33.6 Å². The van der Waals surface area contributed by atoms with Crippen molar-refractivity contribution in [3.63, 3.8) is 0 Å². The molecule has 0 bridgehead atoms. The Kier molecular flexibility index (Phi) is 4.40. The molecule has 0 atom stereocenters. The van der Waals surface area contributed by atoms with Crippen molar-refractivity contribution in [2.75, 3.05) is 0 Å². The van der Waals surface area contributed by atoms with Crippen molar-refractivity contribution in [1.29, 1.82) is 0 Å². The molecule has 0 saturated carbocycles. The average Bonchev–Trinajstić information content (AvgIpc) is 2.23. The quantitative estimate of drug-likeness (QED) is 0.775. The molecule has 0 aliphatic rings. The second kappa shape index (κ2) is 5.20. The second-order valence-electron chi connectivity index (χ2n) is 4.54. The average molecular weight is 259 g/mol. The van der Waals surface area contributed by atoms with Crippen molar-refractivity contribution in [3.8, 4) is 0 Å². The molecule has 0 amide bonds. The number of ketones is 1. The Hall–Kier alpha value is -0.530. The lowest BCUT2D eigenvalue weighted by molar-refractivity contribution is -0.126. The molecular weight excluding hydrogens is 243 g/mol. The number of rotatable bonds is 4. The van der Waals surface area contributed by atoms with Crippen LogP contribution in [0.15, 0.2) is 18.2 Å². The zero-order valence-corrected chi connectivity index (χ0v) is 11.3. The van der Waals surface area contributed by atoms with Crippen molar-refractivity contribution < 1.29 is 4.79 Å². The molecule has 0 aliphatic heterocycles. The normalized spacial score (nSPS) is 11.6. The summed E-state index contributed by atoms with van der Waals surface area (Å²) in [5.74, 6) is 0.171. The molecule has 0 spiro atoms. The maximum Gasteiger partial charge on any atom is 0.142 e. The van der Waals surface area contributed by atoms with E-state index >= 15 is 0 Å². The van der Waals surface area contributed by atoms with Gasteiger partial charge in [-0.1, -0.05) is 50.0 Å². The predicted molar refractivity (Wildman–Crippen MR) is 69.2 cm³/mol. The topological polar surface area (TPSA) is 17.1 Å². The monoisotopic (exact) mass is 258 g/mol. The Morgan fingerprint density at radius 1 is 1.25 bits per heavy atom. The third-order valence-electron chi connectivity index (χ3n) is 3.04. The fraction of sp³-hybridized carbons (Fsp3) is 0.462. The van der Waals surface area contributed by atoms with Gasteiger partial charge in [0.25, 0.3) is 0 Å². The van der Waals surface area contributed by atoms with Crippen LogP contribution in [0.4, 0.5) is 0 Å². The Labute approximate surface area is 107 Å². The molecule has 0 heterocycles. The Bertz CT molecular complexity index is 377. The number of Topliss-reactive ketones (excluding diaryl/α,β-unsaturated/α-hetero) is 1. The minimum atomic E-state index is -0.317. The molecule has 0 aliphatic carbocycles. The first kappa shape index (κ1) is 13.5. The lowest BCUT2D eigenvalue weighted by Crippen LogP contribution is -2.25. The van der Waals surface area contributed by atoms with Crippen molar-refractivity contribution in [1.82, 2.24) is 0 Å². The van der Waals surface area contributed by atoms with E-state index in [-0.39, 0.29) is 11.2 Å². The first-order valence-electron chi connectivity index (χ1n) is 5.34. The van der Waals surface area contributed by atoms with Gasteiger partial charge in [0.1, 0.15) is 5.78 Å². The minimum absolute atomic E-state index is 0.171. The predicted octanol–water partition coefficient (Wildman–Crippen LogP) is 4.54. The van der Waals surface area contributed by atoms with Crippen molar-refractivity contribution in [3.05, 3.63) is 33.8 Å². The highest BCUT2D eigenvalue weighted by molar-refractivity contribution is 6.36. The standard InChI is InChI=1S/C13H16Cl2O/c1-4-13(2,3)12(16)8-9-10(14)6-5-7-11(9)15/h5-7H,4,8H2,1-3H3. The molecule has 0 N–H and O–H groups in total. The van der Waals surface area contributed by atoms with E-state index in [1.807, 2.05) is 20.8 Å². The molecule has 3 heteroatoms. The van der Waals surface area contributed by atoms with E-state index in [9.17, 15) is 4.79 Å². The van der Waals surface area contributed by atoms with Crippen LogP contribution in [-0.2, 0) is 11.2 Å². The number of halogens is 2. The van der Waals surface area contributed by atoms with E-state index < -0.39 is 0 Å². The Morgan fingerprint density at radius 3 is 2.19 bits per heavy atom. The van der Waals surface area contributed by atoms with E-state index in [1.165, 1.54) is 0 Å². The lowest BCUT2D eigenvalue weighted by Gasteiger charge is -2.21. The zero-order valence-electron chi connectivity index (χ0n) is 9.81. The Balaban J connectivity index is 2.94. The highest BCUT2D eigenvalue weighted by atomic mass is 35.5. The summed E-state index contributed by atoms with van der Waals surface area (Å²) in [7, 11) is 0. The fourth-order valence-corrected chi connectivity index (χ4v) is 1.83. The fourth-order valence-electron chi connectivity index (χ4n) is 1.30. The molecule has 0 unspecified atom stereocenters. The molecule has 16 heavy (non-hydrogen) atoms. The lowest BCUT2D eigenvalue weighted by atomic mass is 9.82. The van der Waals surface area contributed by atoms with Crippen LogP contribution < -0.4 is 0 Å². The second-order valence-corrected chi connectivity index (χ2v) is 5.35. The summed E-state index contributed by atoms with van der Waals surface area (Å²) in [5.41, 5.74) is 0.417. The van der Waals surface area contributed by atoms with Gasteiger partial charge in [0.2, 0.25) is 0 Å². The van der Waals surface area contributed by atoms with E-state index in [0.29, 0.717) is 16.5 Å². The maximum absolute atomic E-state index is 12.1. The van der Waals surface area contributed by atoms with Crippen LogP contribution in [0.1, 0.15) is 32.8 Å². The van der Waals surface area contributed by atoms with Gasteiger partial charge in [0.05, 0.1) is 0 Å². The third-order valence-corrected chi connectivity index (χ3v) is 3.75. The molecule has 0 saturated heterocycles. The molecule has 0 aromatic heterocycles. The number of carbonyl (C=O) groups excluding carboxylic acids is 1. The van der Waals surface area contributed by atoms with Gasteiger partial charge >= 0.3 is 0 Å². The summed E-state index contributed by atoms with van der Waals surface area (Å²) >= 11 is 12.1. The van der Waals surface area contributed by atoms with E-state index in [2.05, 4.69) is 0 Å². The molecule has 0 fully saturated rings. The largest absolute Gasteiger partial charge is 0.299 e. The smallest absolute Gasteiger partial charge is 0.142 e. The van der Waals surface area contributed by atoms with Crippen molar-refractivity contribution >= 4 is 29.0 Å². The van der Waals surface area contributed by atoms with Crippen LogP contribution in [0.3, 0.4) is 0 Å². The molecule has 1 rings (SSSR count). The van der Waals surface area contributed by atoms with Gasteiger partial charge in [0, 0.05) is 21.9 Å². The van der Waals surface area contributed by atoms with Crippen molar-refractivity contribution in [2.24, 2.45) is 5.41 Å². The van der Waals surface area contributed by atoms with Gasteiger partial charge in [-0.15, -0.1) is 0 Å². The summed E-state index contributed by atoms with van der Waals surface area (Å²) in [6, 6.07) is 5.30. The highest BCUT2D eigenvalue weighted by Gasteiger charge is 2.26. The highest BCUT2D eigenvalue weighted by Crippen LogP contribution is 2.29. The van der Waals surface area contributed by atoms with E-state index in [1.54, 1.807) is 18.2 Å². The molecule has 88 valence electrons. The van der Waals surface area contributed by atoms with Gasteiger partial charge in [-0.05, 0) is 24.1 Å². The molecule has 1 nitrogen and oxygen atoms in total. The van der Waals surface area contributed by atoms with Crippen LogP contribution in [0.25, 0.3) is 0 Å². The summed E-state index contributed by atoms with van der Waals surface area (Å²) < 4.78 is 0. The molecule has 1 aromatic carbocycles. The van der Waals surface area contributed by atoms with Crippen LogP contribution in [0.2, 0.25) is 10.0 Å². The molecule has 0 radical (unpaired) electrons. The maximum atomic E-state index is 12.1. The SMILES string of the molecule is CCC(C)(C)C(=O)Cc1c(Cl)cccc1Cl. The van der Waals surface area contributed by atoms with Gasteiger partial charge in [-0.3, -0.25) is 4.79 Å². The van der Waals surface area contributed by atoms with E-state index in [4.69, 9.17) is 23.2 Å². The van der Waals surface area contributed by atoms with Gasteiger partial charge in [-0.25, -0.2) is 0 Å². The molecular formula is C13H16Cl2O. The number of hydrogen-bond donors (Lipinski definition) is 0. The summed E-state index contributed by atoms with van der Waals surface area (Å²) in [5, 5.41) is 1.13. The van der Waals surface area contributed by atoms with Crippen LogP contribution >= 0.6 is 23.2 Å². The Morgan fingerprint density at radius 2 is 1.75 bits per heavy atom. The first-order valence-corrected chi connectivity index (χ1v) is 6.10. The summed E-state index contributed by atoms with van der Waals surface area (Å²) in [6.45, 7) is 5.90. The minimum Gasteiger partial charge on any atom is -0.299 e. The van der Waals surface area contributed by atoms with Gasteiger partial charge in [-0.2, -0.15) is 0 Å². The van der Waals surface area contributed by atoms with Crippen LogP contribution in [0.5, 0.6) is 0 Å². The summed E-state index contributed by atoms with van der Waals surface area (Å²) in [4.78, 5) is 12.1. The number of carbonyl (C=O) groups is 1. The number of hydrogen-bond acceptors (Lipinski definition) is 1. The van der Waals surface area contributed by atoms with Crippen LogP contribution in [0, 0.1) is 5.41 Å². The van der Waals surface area contributed by atoms with Gasteiger partial charge in [0.15, 0.2) is 0 Å². The van der Waals surface area contributed by atoms with E-state index in [0.717, 1.165) is 12.0 Å². The summed E-state index contributed by atoms with van der Waals surface area (Å²) in [6.07, 6.45) is 1.12. The molecule has 1 aromatic rings. The number of benzene rings is 1. The van der Waals surface area contributed by atoms with Gasteiger partial charge < -0.3 is 0 Å². The van der Waals surface area contributed by atoms with Crippen LogP contribution in [-0.4, -0.2) is 5.78 Å². The third kappa shape index (κ3) is 2.99. The first-order chi connectivity index (χ1) is 7.38. The zero-order chi connectivity index (χ0) is 12.3.